The number of likely N-dealkylation sites (tertiary alicyclic amines) is 1. The van der Waals surface area contributed by atoms with Crippen LogP contribution in [-0.4, -0.2) is 75.2 Å². The van der Waals surface area contributed by atoms with Gasteiger partial charge in [-0.3, -0.25) is 19.2 Å². The number of fused-ring (bicyclic) bond motifs is 3. The Balaban J connectivity index is 1.10. The molecule has 2 aromatic heterocycles. The third kappa shape index (κ3) is 6.98. The summed E-state index contributed by atoms with van der Waals surface area (Å²) >= 11 is 1.48. The van der Waals surface area contributed by atoms with Crippen molar-refractivity contribution in [2.24, 2.45) is 5.92 Å². The van der Waals surface area contributed by atoms with Gasteiger partial charge in [-0.1, -0.05) is 17.4 Å². The third-order valence-corrected chi connectivity index (χ3v) is 12.7. The standard InChI is InChI=1S/C38H52N6O4S/c1-25(45)39-37-40-31-24-48-34-32(26-10-6-5-7-11-30(47-4)17-14-26)41-44(33(34)35(31)49-37)29-15-12-27(13-16-29)36(46)42(3)28-18-20-38(2,21-19-28)43-22-8-9-23-43/h10-11,14,17,27-29H,5-9,12-13,15-16,18-24H2,1-4H3,(H,39,40,45). The van der Waals surface area contributed by atoms with Gasteiger partial charge in [0.05, 0.1) is 18.0 Å². The van der Waals surface area contributed by atoms with Crippen LogP contribution in [0, 0.1) is 5.92 Å². The van der Waals surface area contributed by atoms with Crippen LogP contribution in [0.4, 0.5) is 5.13 Å². The first-order chi connectivity index (χ1) is 23.7. The summed E-state index contributed by atoms with van der Waals surface area (Å²) in [6.07, 6.45) is 21.9. The van der Waals surface area contributed by atoms with E-state index in [1.807, 2.05) is 13.1 Å². The smallest absolute Gasteiger partial charge is 0.225 e. The molecule has 1 saturated heterocycles. The minimum Gasteiger partial charge on any atom is -0.497 e. The van der Waals surface area contributed by atoms with E-state index in [1.54, 1.807) is 7.11 Å². The number of carbonyl (C=O) groups is 2. The van der Waals surface area contributed by atoms with Crippen molar-refractivity contribution >= 4 is 33.9 Å². The second-order valence-corrected chi connectivity index (χ2v) is 15.8. The van der Waals surface area contributed by atoms with Gasteiger partial charge in [0, 0.05) is 37.0 Å². The highest BCUT2D eigenvalue weighted by atomic mass is 32.1. The van der Waals surface area contributed by atoms with E-state index in [9.17, 15) is 9.59 Å². The fourth-order valence-corrected chi connectivity index (χ4v) is 9.72. The number of aromatic nitrogens is 3. The highest BCUT2D eigenvalue weighted by molar-refractivity contribution is 7.19. The summed E-state index contributed by atoms with van der Waals surface area (Å²) in [5.41, 5.74) is 3.87. The highest BCUT2D eigenvalue weighted by Gasteiger charge is 2.41. The molecule has 11 heteroatoms. The average Bonchev–Trinajstić information content (AvgIpc) is 3.88. The molecule has 0 unspecified atom stereocenters. The van der Waals surface area contributed by atoms with E-state index < -0.39 is 0 Å². The quantitative estimate of drug-likeness (QED) is 0.322. The Morgan fingerprint density at radius 3 is 2.49 bits per heavy atom. The van der Waals surface area contributed by atoms with Gasteiger partial charge < -0.3 is 19.7 Å². The molecule has 2 aromatic rings. The summed E-state index contributed by atoms with van der Waals surface area (Å²) < 4.78 is 14.2. The van der Waals surface area contributed by atoms with Crippen molar-refractivity contribution < 1.29 is 19.1 Å². The number of rotatable bonds is 7. The molecule has 3 fully saturated rings. The van der Waals surface area contributed by atoms with Gasteiger partial charge in [0.1, 0.15) is 29.4 Å². The van der Waals surface area contributed by atoms with Crippen LogP contribution < -0.4 is 10.1 Å². The third-order valence-electron chi connectivity index (χ3n) is 11.7. The lowest BCUT2D eigenvalue weighted by Gasteiger charge is -2.46. The van der Waals surface area contributed by atoms with Crippen LogP contribution in [0.25, 0.3) is 16.1 Å². The summed E-state index contributed by atoms with van der Waals surface area (Å²) in [6.45, 7) is 6.72. The molecule has 49 heavy (non-hydrogen) atoms. The van der Waals surface area contributed by atoms with Crippen LogP contribution in [0.5, 0.6) is 5.75 Å². The molecular weight excluding hydrogens is 637 g/mol. The Morgan fingerprint density at radius 2 is 1.78 bits per heavy atom. The van der Waals surface area contributed by atoms with Gasteiger partial charge in [-0.05, 0) is 122 Å². The predicted octanol–water partition coefficient (Wildman–Crippen LogP) is 7.50. The SMILES string of the molecule is COC1=CCCCC=C(c2nn(C3CCC(C(=O)N(C)C4CCC(C)(N5CCCC5)CC4)CC3)c3c2OCc2nc(NC(C)=O)sc2-3)C=C1. The number of amides is 2. The van der Waals surface area contributed by atoms with Gasteiger partial charge >= 0.3 is 0 Å². The second-order valence-electron chi connectivity index (χ2n) is 14.8. The Labute approximate surface area is 294 Å². The fraction of sp³-hybridized carbons (Fsp3) is 0.632. The minimum absolute atomic E-state index is 0.0415. The first kappa shape index (κ1) is 34.0. The lowest BCUT2D eigenvalue weighted by Crippen LogP contribution is -2.51. The number of ether oxygens (including phenoxy) is 2. The zero-order valence-electron chi connectivity index (χ0n) is 29.6. The molecule has 7 rings (SSSR count). The number of allylic oxidation sites excluding steroid dienone is 5. The summed E-state index contributed by atoms with van der Waals surface area (Å²) in [7, 11) is 3.75. The van der Waals surface area contributed by atoms with Gasteiger partial charge in [0.2, 0.25) is 11.8 Å². The largest absolute Gasteiger partial charge is 0.497 e. The van der Waals surface area contributed by atoms with Crippen molar-refractivity contribution in [3.05, 3.63) is 41.5 Å². The molecule has 0 aromatic carbocycles. The summed E-state index contributed by atoms with van der Waals surface area (Å²) in [5.74, 6) is 1.81. The number of carbonyl (C=O) groups excluding carboxylic acids is 2. The first-order valence-electron chi connectivity index (χ1n) is 18.4. The first-order valence-corrected chi connectivity index (χ1v) is 19.2. The van der Waals surface area contributed by atoms with Crippen molar-refractivity contribution in [2.75, 3.05) is 32.6 Å². The predicted molar refractivity (Wildman–Crippen MR) is 193 cm³/mol. The lowest BCUT2D eigenvalue weighted by molar-refractivity contribution is -0.138. The van der Waals surface area contributed by atoms with E-state index in [1.165, 1.54) is 57.0 Å². The number of nitrogens with one attached hydrogen (secondary N) is 1. The number of hydrogen-bond acceptors (Lipinski definition) is 8. The van der Waals surface area contributed by atoms with Gasteiger partial charge in [-0.15, -0.1) is 0 Å². The van der Waals surface area contributed by atoms with E-state index in [0.717, 1.165) is 96.8 Å². The molecule has 0 spiro atoms. The Hall–Kier alpha value is -3.44. The van der Waals surface area contributed by atoms with Gasteiger partial charge in [0.25, 0.3) is 0 Å². The van der Waals surface area contributed by atoms with E-state index >= 15 is 0 Å². The van der Waals surface area contributed by atoms with Gasteiger partial charge in [-0.25, -0.2) is 4.98 Å². The maximum atomic E-state index is 13.9. The van der Waals surface area contributed by atoms with Crippen LogP contribution in [0.1, 0.15) is 115 Å². The molecule has 0 atom stereocenters. The van der Waals surface area contributed by atoms with Crippen molar-refractivity contribution in [2.45, 2.75) is 122 Å². The molecule has 10 nitrogen and oxygen atoms in total. The van der Waals surface area contributed by atoms with Crippen LogP contribution >= 0.6 is 11.3 Å². The molecule has 3 aliphatic carbocycles. The highest BCUT2D eigenvalue weighted by Crippen LogP contribution is 2.49. The number of anilines is 1. The molecule has 2 aliphatic heterocycles. The van der Waals surface area contributed by atoms with E-state index in [2.05, 4.69) is 45.0 Å². The molecular formula is C38H52N6O4S. The van der Waals surface area contributed by atoms with Crippen LogP contribution in [0.2, 0.25) is 0 Å². The number of hydrogen-bond donors (Lipinski definition) is 1. The van der Waals surface area contributed by atoms with Crippen LogP contribution in [-0.2, 0) is 20.9 Å². The molecule has 1 N–H and O–H groups in total. The molecule has 4 heterocycles. The summed E-state index contributed by atoms with van der Waals surface area (Å²) in [5, 5.41) is 8.73. The second kappa shape index (κ2) is 14.4. The fourth-order valence-electron chi connectivity index (χ4n) is 8.67. The van der Waals surface area contributed by atoms with Gasteiger partial charge in [-0.2, -0.15) is 5.10 Å². The maximum absolute atomic E-state index is 13.9. The van der Waals surface area contributed by atoms with Crippen molar-refractivity contribution in [1.29, 1.82) is 0 Å². The van der Waals surface area contributed by atoms with Crippen molar-refractivity contribution in [3.8, 4) is 16.3 Å². The van der Waals surface area contributed by atoms with Crippen molar-refractivity contribution in [1.82, 2.24) is 24.6 Å². The van der Waals surface area contributed by atoms with Gasteiger partial charge in [0.15, 0.2) is 10.9 Å². The Morgan fingerprint density at radius 1 is 1.04 bits per heavy atom. The summed E-state index contributed by atoms with van der Waals surface area (Å²) in [6, 6.07) is 0.466. The Bertz CT molecular complexity index is 1630. The molecule has 2 amide bonds. The van der Waals surface area contributed by atoms with E-state index in [-0.39, 0.29) is 17.9 Å². The topological polar surface area (TPSA) is 102 Å². The zero-order valence-corrected chi connectivity index (χ0v) is 30.4. The molecule has 2 saturated carbocycles. The normalized spacial score (nSPS) is 27.4. The molecule has 264 valence electrons. The van der Waals surface area contributed by atoms with Crippen molar-refractivity contribution in [3.63, 3.8) is 0 Å². The van der Waals surface area contributed by atoms with E-state index in [4.69, 9.17) is 19.6 Å². The average molecular weight is 689 g/mol. The number of nitrogens with zero attached hydrogens (tertiary/aromatic N) is 5. The summed E-state index contributed by atoms with van der Waals surface area (Å²) in [4.78, 5) is 36.3. The Kier molecular flexibility index (Phi) is 10.0. The number of methoxy groups -OCH3 is 1. The minimum atomic E-state index is -0.147. The monoisotopic (exact) mass is 688 g/mol. The molecule has 0 bridgehead atoms. The van der Waals surface area contributed by atoms with Crippen LogP contribution in [0.3, 0.4) is 0 Å². The molecule has 5 aliphatic rings. The molecule has 0 radical (unpaired) electrons. The maximum Gasteiger partial charge on any atom is 0.225 e. The van der Waals surface area contributed by atoms with Crippen LogP contribution in [0.15, 0.2) is 30.1 Å². The zero-order chi connectivity index (χ0) is 34.1. The number of thiazole rings is 1. The lowest BCUT2D eigenvalue weighted by atomic mass is 9.78. The van der Waals surface area contributed by atoms with E-state index in [0.29, 0.717) is 29.2 Å².